The molecule has 1 radical (unpaired) electrons. The molecule has 0 saturated carbocycles. The van der Waals surface area contributed by atoms with Gasteiger partial charge < -0.3 is 5.11 Å². The van der Waals surface area contributed by atoms with Gasteiger partial charge >= 0.3 is 171 Å². The number of aromatic nitrogens is 1. The number of nitrogens with zero attached hydrogens (tertiary/aromatic N) is 1. The number of allylic oxidation sites excluding steroid dienone is 2. The van der Waals surface area contributed by atoms with Crippen LogP contribution >= 0.6 is 0 Å². The molecule has 3 aromatic carbocycles. The number of fused-ring (bicyclic) bond motifs is 1. The number of carbonyl (C=O) groups excluding carboxylic acids is 1. The minimum atomic E-state index is -2.35. The van der Waals surface area contributed by atoms with Gasteiger partial charge in [0, 0.05) is 38.0 Å². The van der Waals surface area contributed by atoms with Crippen molar-refractivity contribution in [3.63, 3.8) is 0 Å². The van der Waals surface area contributed by atoms with Gasteiger partial charge in [0.05, 0.1) is 5.76 Å². The fraction of sp³-hybridized carbons (Fsp3) is 0.385. The van der Waals surface area contributed by atoms with E-state index < -0.39 is 13.3 Å². The summed E-state index contributed by atoms with van der Waals surface area (Å²) in [6.07, 6.45) is 6.88. The molecule has 237 valence electrons. The molecule has 0 spiro atoms. The van der Waals surface area contributed by atoms with E-state index in [1.807, 2.05) is 33.9 Å². The summed E-state index contributed by atoms with van der Waals surface area (Å²) in [5, 5.41) is 12.2. The van der Waals surface area contributed by atoms with Gasteiger partial charge in [-0.2, -0.15) is 0 Å². The van der Waals surface area contributed by atoms with E-state index in [9.17, 15) is 9.90 Å². The minimum absolute atomic E-state index is 0. The van der Waals surface area contributed by atoms with Gasteiger partial charge in [-0.1, -0.05) is 27.7 Å². The summed E-state index contributed by atoms with van der Waals surface area (Å²) in [5.41, 5.74) is 3.48. The third kappa shape index (κ3) is 9.49. The molecule has 0 aliphatic carbocycles. The molecular weight excluding hydrogens is 779 g/mol. The van der Waals surface area contributed by atoms with E-state index in [1.165, 1.54) is 31.2 Å². The first kappa shape index (κ1) is 37.7. The Hall–Kier alpha value is -2.53. The Morgan fingerprint density at radius 2 is 1.43 bits per heavy atom. The van der Waals surface area contributed by atoms with E-state index >= 15 is 0 Å². The van der Waals surface area contributed by atoms with Crippen LogP contribution in [0.3, 0.4) is 0 Å². The molecule has 0 aliphatic rings. The van der Waals surface area contributed by atoms with Crippen LogP contribution < -0.4 is 8.79 Å². The Labute approximate surface area is 282 Å². The second kappa shape index (κ2) is 17.8. The van der Waals surface area contributed by atoms with E-state index in [2.05, 4.69) is 104 Å². The predicted molar refractivity (Wildman–Crippen MR) is 187 cm³/mol. The van der Waals surface area contributed by atoms with E-state index in [0.717, 1.165) is 36.9 Å². The summed E-state index contributed by atoms with van der Waals surface area (Å²) >= 11 is -2.35. The van der Waals surface area contributed by atoms with Gasteiger partial charge in [-0.3, -0.25) is 4.79 Å². The number of hydrogen-bond acceptors (Lipinski definition) is 3. The molecular formula is C39H50GeIrNO2-. The second-order valence-corrected chi connectivity index (χ2v) is 21.5. The molecule has 0 bridgehead atoms. The van der Waals surface area contributed by atoms with Crippen molar-refractivity contribution >= 4 is 38.6 Å². The maximum atomic E-state index is 11.7. The van der Waals surface area contributed by atoms with Crippen LogP contribution in [0.25, 0.3) is 22.0 Å². The molecule has 44 heavy (non-hydrogen) atoms. The first-order valence-corrected chi connectivity index (χ1v) is 22.3. The first-order chi connectivity index (χ1) is 20.6. The van der Waals surface area contributed by atoms with Crippen molar-refractivity contribution in [1.82, 2.24) is 4.98 Å². The summed E-state index contributed by atoms with van der Waals surface area (Å²) in [6, 6.07) is 29.9. The molecule has 4 aromatic rings. The van der Waals surface area contributed by atoms with Crippen molar-refractivity contribution < 1.29 is 30.0 Å². The minimum Gasteiger partial charge on any atom is -0.512 e. The van der Waals surface area contributed by atoms with Crippen LogP contribution in [0.1, 0.15) is 78.7 Å². The van der Waals surface area contributed by atoms with Crippen molar-refractivity contribution in [3.05, 3.63) is 102 Å². The Morgan fingerprint density at radius 1 is 0.841 bits per heavy atom. The molecule has 1 aromatic heterocycles. The quantitative estimate of drug-likeness (QED) is 0.0710. The van der Waals surface area contributed by atoms with E-state index in [-0.39, 0.29) is 43.5 Å². The largest absolute Gasteiger partial charge is 0.512 e. The van der Waals surface area contributed by atoms with Gasteiger partial charge in [0.1, 0.15) is 0 Å². The van der Waals surface area contributed by atoms with Gasteiger partial charge in [0.2, 0.25) is 0 Å². The number of carbonyl (C=O) groups is 1. The molecule has 1 N–H and O–H groups in total. The van der Waals surface area contributed by atoms with Gasteiger partial charge in [-0.05, 0) is 25.7 Å². The second-order valence-electron chi connectivity index (χ2n) is 12.3. The van der Waals surface area contributed by atoms with Crippen molar-refractivity contribution in [2.45, 2.75) is 84.7 Å². The number of hydrogen-bond donors (Lipinski definition) is 1. The molecule has 5 heteroatoms. The maximum absolute atomic E-state index is 11.7. The molecule has 1 heterocycles. The van der Waals surface area contributed by atoms with Crippen LogP contribution in [0.15, 0.2) is 90.8 Å². The monoisotopic (exact) mass is 831 g/mol. The Morgan fingerprint density at radius 3 is 2.02 bits per heavy atom. The molecule has 0 atom stereocenters. The fourth-order valence-corrected chi connectivity index (χ4v) is 10.6. The van der Waals surface area contributed by atoms with Crippen LogP contribution in [-0.2, 0) is 24.9 Å². The van der Waals surface area contributed by atoms with E-state index in [4.69, 9.17) is 4.98 Å². The topological polar surface area (TPSA) is 50.2 Å². The van der Waals surface area contributed by atoms with Gasteiger partial charge in [-0.15, -0.1) is 0 Å². The molecule has 0 amide bonds. The SMILES string of the molecule is CC(C)c1cc(-c2c[c]([Ge]([CH3])([CH3])[c]3ccccc3)ccn2)[c-]c2ccccc12.CCC(CC)C(=O)/C=C(\O)C(CC)CC.[Ir]. The van der Waals surface area contributed by atoms with E-state index in [0.29, 0.717) is 5.92 Å². The zero-order chi connectivity index (χ0) is 31.6. The van der Waals surface area contributed by atoms with Crippen LogP contribution in [0.2, 0.25) is 11.5 Å². The average molecular weight is 830 g/mol. The number of rotatable bonds is 11. The van der Waals surface area contributed by atoms with Crippen molar-refractivity contribution in [2.24, 2.45) is 11.8 Å². The van der Waals surface area contributed by atoms with Crippen LogP contribution in [-0.4, -0.2) is 29.1 Å². The molecule has 0 unspecified atom stereocenters. The smallest absolute Gasteiger partial charge is 0.162 e. The molecule has 3 nitrogen and oxygen atoms in total. The summed E-state index contributed by atoms with van der Waals surface area (Å²) in [6.45, 7) is 12.6. The number of ketones is 1. The molecule has 4 rings (SSSR count). The molecule has 0 fully saturated rings. The Bertz CT molecular complexity index is 1510. The predicted octanol–water partition coefficient (Wildman–Crippen LogP) is 9.52. The number of benzene rings is 3. The fourth-order valence-electron chi connectivity index (χ4n) is 5.64. The summed E-state index contributed by atoms with van der Waals surface area (Å²) in [4.78, 5) is 16.4. The maximum Gasteiger partial charge on any atom is 0.162 e. The van der Waals surface area contributed by atoms with Crippen LogP contribution in [0, 0.1) is 17.9 Å². The van der Waals surface area contributed by atoms with Gasteiger partial charge in [-0.25, -0.2) is 0 Å². The van der Waals surface area contributed by atoms with Crippen molar-refractivity contribution in [1.29, 1.82) is 0 Å². The molecule has 0 saturated heterocycles. The summed E-state index contributed by atoms with van der Waals surface area (Å²) in [5.74, 6) is 5.92. The van der Waals surface area contributed by atoms with Crippen LogP contribution in [0.5, 0.6) is 0 Å². The van der Waals surface area contributed by atoms with Crippen LogP contribution in [0.4, 0.5) is 0 Å². The third-order valence-corrected chi connectivity index (χ3v) is 16.2. The van der Waals surface area contributed by atoms with Crippen molar-refractivity contribution in [3.8, 4) is 11.3 Å². The third-order valence-electron chi connectivity index (χ3n) is 8.76. The Balaban J connectivity index is 0.000000363. The standard InChI is InChI=1S/C26H26GeN.C13H24O2.Ir/c1-19(2)25-17-21(16-20-10-8-9-13-24(20)25)26-18-23(14-15-28-26)27(3,4)22-11-6-5-7-12-22;1-5-10(6-2)12(14)9-13(15)11(7-3)8-4;/h5-15,17-19H,1-4H3;9-11,14H,5-8H2,1-4H3;/q-1;;/b;12-9-;. The van der Waals surface area contributed by atoms with Crippen molar-refractivity contribution in [2.75, 3.05) is 0 Å². The molecule has 0 aliphatic heterocycles. The zero-order valence-corrected chi connectivity index (χ0v) is 32.3. The number of pyridine rings is 1. The van der Waals surface area contributed by atoms with Gasteiger partial charge in [0.25, 0.3) is 0 Å². The normalized spacial score (nSPS) is 11.8. The summed E-state index contributed by atoms with van der Waals surface area (Å²) in [7, 11) is 0. The Kier molecular flexibility index (Phi) is 15.3. The number of aliphatic hydroxyl groups excluding tert-OH is 1. The summed E-state index contributed by atoms with van der Waals surface area (Å²) < 4.78 is 2.94. The number of aliphatic hydroxyl groups is 1. The first-order valence-electron chi connectivity index (χ1n) is 16.0. The van der Waals surface area contributed by atoms with E-state index in [1.54, 1.807) is 0 Å². The zero-order valence-electron chi connectivity index (χ0n) is 27.8. The average Bonchev–Trinajstić information content (AvgIpc) is 3.02. The van der Waals surface area contributed by atoms with Gasteiger partial charge in [0.15, 0.2) is 5.78 Å².